The quantitative estimate of drug-likeness (QED) is 0.526. The van der Waals surface area contributed by atoms with E-state index in [9.17, 15) is 5.11 Å². The van der Waals surface area contributed by atoms with E-state index >= 15 is 0 Å². The van der Waals surface area contributed by atoms with Gasteiger partial charge in [-0.25, -0.2) is 4.98 Å². The number of rotatable bonds is 4. The zero-order valence-corrected chi connectivity index (χ0v) is 17.3. The first-order valence-electron chi connectivity index (χ1n) is 9.00. The second-order valence-electron chi connectivity index (χ2n) is 6.67. The van der Waals surface area contributed by atoms with Crippen LogP contribution in [-0.2, 0) is 0 Å². The van der Waals surface area contributed by atoms with Gasteiger partial charge in [0.05, 0.1) is 10.9 Å². The molecule has 3 aromatic heterocycles. The van der Waals surface area contributed by atoms with Crippen LogP contribution in [0.1, 0.15) is 15.8 Å². The first-order valence-corrected chi connectivity index (χ1v) is 11.1. The molecule has 0 bridgehead atoms. The summed E-state index contributed by atoms with van der Waals surface area (Å²) >= 11 is 9.38. The van der Waals surface area contributed by atoms with Crippen molar-refractivity contribution >= 4 is 44.9 Å². The van der Waals surface area contributed by atoms with E-state index < -0.39 is 0 Å². The molecule has 0 radical (unpaired) electrons. The summed E-state index contributed by atoms with van der Waals surface area (Å²) in [6, 6.07) is 12.2. The number of benzene rings is 1. The summed E-state index contributed by atoms with van der Waals surface area (Å²) in [6.07, 6.45) is 1.47. The number of halogens is 1. The summed E-state index contributed by atoms with van der Waals surface area (Å²) in [5.74, 6) is 0.188. The first kappa shape index (κ1) is 17.9. The fourth-order valence-electron chi connectivity index (χ4n) is 3.71. The maximum atomic E-state index is 10.8. The summed E-state index contributed by atoms with van der Waals surface area (Å²) in [4.78, 5) is 11.9. The molecule has 1 aliphatic heterocycles. The molecule has 0 aliphatic carbocycles. The van der Waals surface area contributed by atoms with E-state index in [-0.39, 0.29) is 11.9 Å². The van der Waals surface area contributed by atoms with Gasteiger partial charge in [0, 0.05) is 41.8 Å². The number of hydrogen-bond donors (Lipinski definition) is 1. The van der Waals surface area contributed by atoms with Crippen molar-refractivity contribution in [1.29, 1.82) is 0 Å². The molecule has 4 aromatic rings. The van der Waals surface area contributed by atoms with Gasteiger partial charge in [0.2, 0.25) is 10.8 Å². The van der Waals surface area contributed by atoms with Crippen molar-refractivity contribution < 1.29 is 5.11 Å². The predicted octanol–water partition coefficient (Wildman–Crippen LogP) is 4.12. The van der Waals surface area contributed by atoms with E-state index in [4.69, 9.17) is 11.6 Å². The van der Waals surface area contributed by atoms with Crippen LogP contribution in [0.25, 0.3) is 4.96 Å². The molecule has 4 heterocycles. The van der Waals surface area contributed by atoms with Crippen LogP contribution in [-0.4, -0.2) is 50.8 Å². The van der Waals surface area contributed by atoms with Crippen molar-refractivity contribution in [3.05, 3.63) is 62.9 Å². The van der Waals surface area contributed by atoms with Gasteiger partial charge in [-0.1, -0.05) is 35.1 Å². The third-order valence-electron chi connectivity index (χ3n) is 5.05. The number of hydrogen-bond acceptors (Lipinski definition) is 7. The Hall–Kier alpha value is -2.13. The van der Waals surface area contributed by atoms with Gasteiger partial charge in [0.25, 0.3) is 0 Å². The maximum Gasteiger partial charge on any atom is 0.230 e. The minimum Gasteiger partial charge on any atom is -0.492 e. The Morgan fingerprint density at radius 2 is 1.96 bits per heavy atom. The number of aromatic nitrogens is 3. The predicted molar refractivity (Wildman–Crippen MR) is 114 cm³/mol. The normalized spacial score (nSPS) is 16.7. The Kier molecular flexibility index (Phi) is 4.72. The molecule has 9 heteroatoms. The highest BCUT2D eigenvalue weighted by Gasteiger charge is 2.32. The molecule has 28 heavy (non-hydrogen) atoms. The molecule has 6 nitrogen and oxygen atoms in total. The molecular formula is C19H18ClN5OS2. The van der Waals surface area contributed by atoms with Crippen LogP contribution < -0.4 is 4.90 Å². The van der Waals surface area contributed by atoms with Crippen LogP contribution in [0.15, 0.2) is 48.1 Å². The molecule has 1 atom stereocenters. The molecule has 0 saturated carbocycles. The third kappa shape index (κ3) is 3.16. The molecule has 1 fully saturated rings. The van der Waals surface area contributed by atoms with Crippen molar-refractivity contribution in [3.63, 3.8) is 0 Å². The molecule has 1 N–H and O–H groups in total. The van der Waals surface area contributed by atoms with Gasteiger partial charge in [-0.2, -0.15) is 9.61 Å². The van der Waals surface area contributed by atoms with Gasteiger partial charge in [0.15, 0.2) is 0 Å². The number of aromatic hydroxyl groups is 1. The van der Waals surface area contributed by atoms with Crippen LogP contribution in [0, 0.1) is 0 Å². The fraction of sp³-hybridized carbons (Fsp3) is 0.263. The molecule has 144 valence electrons. The number of thiazole rings is 1. The maximum absolute atomic E-state index is 10.8. The van der Waals surface area contributed by atoms with Gasteiger partial charge in [-0.15, -0.1) is 11.3 Å². The lowest BCUT2D eigenvalue weighted by Gasteiger charge is -2.39. The third-order valence-corrected chi connectivity index (χ3v) is 7.30. The highest BCUT2D eigenvalue weighted by molar-refractivity contribution is 7.17. The van der Waals surface area contributed by atoms with Crippen molar-refractivity contribution in [2.45, 2.75) is 6.04 Å². The van der Waals surface area contributed by atoms with Crippen LogP contribution >= 0.6 is 34.3 Å². The smallest absolute Gasteiger partial charge is 0.230 e. The lowest BCUT2D eigenvalue weighted by atomic mass is 10.1. The van der Waals surface area contributed by atoms with E-state index in [1.807, 2.05) is 18.2 Å². The number of fused-ring (bicyclic) bond motifs is 1. The van der Waals surface area contributed by atoms with Crippen LogP contribution in [0.5, 0.6) is 5.88 Å². The number of anilines is 1. The van der Waals surface area contributed by atoms with E-state index in [1.165, 1.54) is 27.1 Å². The topological polar surface area (TPSA) is 56.9 Å². The number of nitrogens with zero attached hydrogens (tertiary/aromatic N) is 5. The van der Waals surface area contributed by atoms with Crippen LogP contribution in [0.2, 0.25) is 5.02 Å². The Morgan fingerprint density at radius 3 is 2.68 bits per heavy atom. The highest BCUT2D eigenvalue weighted by atomic mass is 35.5. The first-order chi connectivity index (χ1) is 13.7. The van der Waals surface area contributed by atoms with E-state index in [2.05, 4.69) is 43.5 Å². The molecule has 5 rings (SSSR count). The number of thiophene rings is 1. The second kappa shape index (κ2) is 7.36. The van der Waals surface area contributed by atoms with Crippen LogP contribution in [0.4, 0.5) is 5.69 Å². The average molecular weight is 432 g/mol. The Bertz CT molecular complexity index is 1090. The highest BCUT2D eigenvalue weighted by Crippen LogP contribution is 2.41. The SMILES string of the molecule is Oc1c([C@@H](c2cccs2)N2CCN(c3cccc(Cl)c3)CC2)sc2ncnn12. The van der Waals surface area contributed by atoms with Gasteiger partial charge in [-0.3, -0.25) is 4.90 Å². The molecule has 1 aliphatic rings. The Labute approximate surface area is 175 Å². The van der Waals surface area contributed by atoms with Crippen molar-refractivity contribution in [1.82, 2.24) is 19.5 Å². The summed E-state index contributed by atoms with van der Waals surface area (Å²) in [5.41, 5.74) is 1.15. The fourth-order valence-corrected chi connectivity index (χ4v) is 5.91. The van der Waals surface area contributed by atoms with E-state index in [0.29, 0.717) is 4.96 Å². The monoisotopic (exact) mass is 431 g/mol. The lowest BCUT2D eigenvalue weighted by Crippen LogP contribution is -2.47. The second-order valence-corrected chi connectivity index (χ2v) is 9.09. The van der Waals surface area contributed by atoms with Crippen molar-refractivity contribution in [2.75, 3.05) is 31.1 Å². The van der Waals surface area contributed by atoms with Gasteiger partial charge < -0.3 is 10.0 Å². The Balaban J connectivity index is 1.43. The molecule has 0 amide bonds. The van der Waals surface area contributed by atoms with Crippen LogP contribution in [0.3, 0.4) is 0 Å². The molecule has 1 aromatic carbocycles. The molecule has 1 saturated heterocycles. The Morgan fingerprint density at radius 1 is 1.11 bits per heavy atom. The van der Waals surface area contributed by atoms with Gasteiger partial charge in [-0.05, 0) is 29.6 Å². The summed E-state index contributed by atoms with van der Waals surface area (Å²) in [6.45, 7) is 3.60. The molecule has 0 spiro atoms. The summed E-state index contributed by atoms with van der Waals surface area (Å²) in [5, 5.41) is 17.7. The zero-order valence-electron chi connectivity index (χ0n) is 14.9. The lowest BCUT2D eigenvalue weighted by molar-refractivity contribution is 0.213. The molecule has 0 unspecified atom stereocenters. The van der Waals surface area contributed by atoms with E-state index in [0.717, 1.165) is 41.8 Å². The standard InChI is InChI=1S/C19H18ClN5OS2/c20-13-3-1-4-14(11-13)23-6-8-24(9-7-23)16(15-5-2-10-27-15)17-18(26)25-19(28-17)21-12-22-25/h1-5,10-12,16,26H,6-9H2/t16-/m1/s1. The number of piperazine rings is 1. The van der Waals surface area contributed by atoms with E-state index in [1.54, 1.807) is 11.3 Å². The largest absolute Gasteiger partial charge is 0.492 e. The summed E-state index contributed by atoms with van der Waals surface area (Å²) in [7, 11) is 0. The van der Waals surface area contributed by atoms with Gasteiger partial charge >= 0.3 is 0 Å². The zero-order chi connectivity index (χ0) is 19.1. The van der Waals surface area contributed by atoms with Crippen molar-refractivity contribution in [2.24, 2.45) is 0 Å². The average Bonchev–Trinajstić information content (AvgIpc) is 3.44. The van der Waals surface area contributed by atoms with Crippen molar-refractivity contribution in [3.8, 4) is 5.88 Å². The summed E-state index contributed by atoms with van der Waals surface area (Å²) < 4.78 is 1.52. The van der Waals surface area contributed by atoms with Gasteiger partial charge in [0.1, 0.15) is 6.33 Å². The molecular weight excluding hydrogens is 414 g/mol. The minimum absolute atomic E-state index is 0.00927. The minimum atomic E-state index is 0.00927.